The van der Waals surface area contributed by atoms with Crippen LogP contribution in [0.4, 0.5) is 16.2 Å². The Bertz CT molecular complexity index is 1480. The molecule has 220 valence electrons. The second kappa shape index (κ2) is 14.2. The second-order valence-corrected chi connectivity index (χ2v) is 10.2. The normalized spacial score (nSPS) is 10.9. The van der Waals surface area contributed by atoms with Crippen LogP contribution in [0.25, 0.3) is 11.5 Å². The zero-order valence-electron chi connectivity index (χ0n) is 24.4. The molecule has 0 saturated carbocycles. The van der Waals surface area contributed by atoms with Crippen LogP contribution in [-0.2, 0) is 28.9 Å². The van der Waals surface area contributed by atoms with Crippen molar-refractivity contribution >= 4 is 23.4 Å². The number of benzene rings is 3. The van der Waals surface area contributed by atoms with Gasteiger partial charge in [0.05, 0.1) is 18.4 Å². The van der Waals surface area contributed by atoms with E-state index in [0.717, 1.165) is 39.5 Å². The lowest BCUT2D eigenvalue weighted by molar-refractivity contribution is -0.136. The van der Waals surface area contributed by atoms with Gasteiger partial charge < -0.3 is 29.2 Å². The number of alkyl carbamates (subject to hydrolysis) is 1. The SMILES string of the molecule is Cc1oc(-c2ccc(N(C)c3ccccc3)cc2)nc1CCOc1ccc(CCC(=O)O)c(CNC(=O)OC(C)C)c1. The Kier molecular flexibility index (Phi) is 10.2. The van der Waals surface area contributed by atoms with Crippen LogP contribution < -0.4 is 15.0 Å². The van der Waals surface area contributed by atoms with Gasteiger partial charge in [0.15, 0.2) is 0 Å². The van der Waals surface area contributed by atoms with Gasteiger partial charge in [-0.05, 0) is 86.8 Å². The van der Waals surface area contributed by atoms with Gasteiger partial charge in [-0.2, -0.15) is 0 Å². The number of amides is 1. The van der Waals surface area contributed by atoms with Crippen LogP contribution in [0, 0.1) is 6.92 Å². The summed E-state index contributed by atoms with van der Waals surface area (Å²) in [4.78, 5) is 29.9. The number of hydrogen-bond acceptors (Lipinski definition) is 7. The van der Waals surface area contributed by atoms with Crippen LogP contribution in [0.3, 0.4) is 0 Å². The number of carboxylic acids is 1. The van der Waals surface area contributed by atoms with Crippen molar-refractivity contribution in [2.24, 2.45) is 0 Å². The molecule has 9 nitrogen and oxygen atoms in total. The molecule has 4 aromatic rings. The van der Waals surface area contributed by atoms with Gasteiger partial charge in [0.1, 0.15) is 11.5 Å². The van der Waals surface area contributed by atoms with Crippen molar-refractivity contribution in [3.8, 4) is 17.2 Å². The number of aromatic nitrogens is 1. The number of oxazole rings is 1. The molecule has 1 heterocycles. The molecule has 0 spiro atoms. The van der Waals surface area contributed by atoms with Crippen molar-refractivity contribution in [1.82, 2.24) is 10.3 Å². The molecule has 0 bridgehead atoms. The highest BCUT2D eigenvalue weighted by Crippen LogP contribution is 2.28. The quantitative estimate of drug-likeness (QED) is 0.182. The Hall–Kier alpha value is -4.79. The average molecular weight is 572 g/mol. The third-order valence-electron chi connectivity index (χ3n) is 6.70. The summed E-state index contributed by atoms with van der Waals surface area (Å²) in [6.45, 7) is 6.00. The van der Waals surface area contributed by atoms with Crippen molar-refractivity contribution in [1.29, 1.82) is 0 Å². The van der Waals surface area contributed by atoms with Crippen molar-refractivity contribution in [2.75, 3.05) is 18.6 Å². The number of carbonyl (C=O) groups is 2. The molecule has 2 N–H and O–H groups in total. The summed E-state index contributed by atoms with van der Waals surface area (Å²) in [5.74, 6) is 1.02. The monoisotopic (exact) mass is 571 g/mol. The number of carbonyl (C=O) groups excluding carboxylic acids is 1. The fraction of sp³-hybridized carbons (Fsp3) is 0.303. The van der Waals surface area contributed by atoms with E-state index >= 15 is 0 Å². The maximum atomic E-state index is 12.0. The van der Waals surface area contributed by atoms with Crippen LogP contribution in [0.5, 0.6) is 5.75 Å². The molecule has 4 rings (SSSR count). The maximum Gasteiger partial charge on any atom is 0.407 e. The molecule has 1 amide bonds. The van der Waals surface area contributed by atoms with Crippen molar-refractivity contribution in [3.05, 3.63) is 95.4 Å². The molecule has 1 aromatic heterocycles. The minimum atomic E-state index is -0.883. The number of carboxylic acid groups (broad SMARTS) is 1. The second-order valence-electron chi connectivity index (χ2n) is 10.2. The van der Waals surface area contributed by atoms with E-state index in [1.165, 1.54) is 0 Å². The molecule has 0 aliphatic heterocycles. The number of anilines is 2. The molecule has 0 radical (unpaired) electrons. The first-order valence-corrected chi connectivity index (χ1v) is 14.0. The topological polar surface area (TPSA) is 114 Å². The predicted octanol–water partition coefficient (Wildman–Crippen LogP) is 6.69. The van der Waals surface area contributed by atoms with Crippen LogP contribution in [-0.4, -0.2) is 41.9 Å². The van der Waals surface area contributed by atoms with Gasteiger partial charge in [0.25, 0.3) is 0 Å². The Balaban J connectivity index is 1.38. The first-order valence-electron chi connectivity index (χ1n) is 14.0. The molecule has 0 fully saturated rings. The van der Waals surface area contributed by atoms with Crippen molar-refractivity contribution in [2.45, 2.75) is 52.7 Å². The molecular weight excluding hydrogens is 534 g/mol. The van der Waals surface area contributed by atoms with E-state index in [2.05, 4.69) is 22.3 Å². The Morgan fingerprint density at radius 1 is 0.976 bits per heavy atom. The average Bonchev–Trinajstić information content (AvgIpc) is 3.35. The highest BCUT2D eigenvalue weighted by molar-refractivity contribution is 5.68. The lowest BCUT2D eigenvalue weighted by Gasteiger charge is -2.19. The van der Waals surface area contributed by atoms with Gasteiger partial charge >= 0.3 is 12.1 Å². The lowest BCUT2D eigenvalue weighted by atomic mass is 10.0. The van der Waals surface area contributed by atoms with Crippen molar-refractivity contribution in [3.63, 3.8) is 0 Å². The molecule has 9 heteroatoms. The minimum Gasteiger partial charge on any atom is -0.493 e. The van der Waals surface area contributed by atoms with Crippen LogP contribution in [0.15, 0.2) is 77.2 Å². The minimum absolute atomic E-state index is 0.0101. The molecule has 0 aliphatic rings. The van der Waals surface area contributed by atoms with E-state index in [1.807, 2.05) is 74.6 Å². The summed E-state index contributed by atoms with van der Waals surface area (Å²) in [7, 11) is 2.03. The zero-order chi connectivity index (χ0) is 30.1. The summed E-state index contributed by atoms with van der Waals surface area (Å²) >= 11 is 0. The molecule has 3 aromatic carbocycles. The highest BCUT2D eigenvalue weighted by Gasteiger charge is 2.14. The summed E-state index contributed by atoms with van der Waals surface area (Å²) in [6, 6.07) is 23.7. The number of rotatable bonds is 13. The van der Waals surface area contributed by atoms with E-state index in [1.54, 1.807) is 13.8 Å². The number of aliphatic carboxylic acids is 1. The Morgan fingerprint density at radius 3 is 2.38 bits per heavy atom. The zero-order valence-corrected chi connectivity index (χ0v) is 24.4. The largest absolute Gasteiger partial charge is 0.493 e. The van der Waals surface area contributed by atoms with Crippen LogP contribution in [0.2, 0.25) is 0 Å². The van der Waals surface area contributed by atoms with Gasteiger partial charge in [0.2, 0.25) is 5.89 Å². The van der Waals surface area contributed by atoms with E-state index < -0.39 is 12.1 Å². The molecule has 0 saturated heterocycles. The molecular formula is C33H37N3O6. The maximum absolute atomic E-state index is 12.0. The van der Waals surface area contributed by atoms with Gasteiger partial charge in [-0.3, -0.25) is 4.79 Å². The third kappa shape index (κ3) is 8.36. The van der Waals surface area contributed by atoms with Gasteiger partial charge in [0, 0.05) is 43.4 Å². The molecule has 0 aliphatic carbocycles. The van der Waals surface area contributed by atoms with Crippen LogP contribution >= 0.6 is 0 Å². The number of hydrogen-bond donors (Lipinski definition) is 2. The molecule has 42 heavy (non-hydrogen) atoms. The number of ether oxygens (including phenoxy) is 2. The van der Waals surface area contributed by atoms with Gasteiger partial charge in [-0.25, -0.2) is 9.78 Å². The summed E-state index contributed by atoms with van der Waals surface area (Å²) in [6.07, 6.45) is 0.0994. The number of aryl methyl sites for hydroxylation is 2. The smallest absolute Gasteiger partial charge is 0.407 e. The van der Waals surface area contributed by atoms with E-state index in [4.69, 9.17) is 24.0 Å². The fourth-order valence-corrected chi connectivity index (χ4v) is 4.44. The Morgan fingerprint density at radius 2 is 1.69 bits per heavy atom. The first-order chi connectivity index (χ1) is 20.2. The summed E-state index contributed by atoms with van der Waals surface area (Å²) < 4.78 is 17.1. The van der Waals surface area contributed by atoms with Crippen molar-refractivity contribution < 1.29 is 28.6 Å². The van der Waals surface area contributed by atoms with Gasteiger partial charge in [-0.15, -0.1) is 0 Å². The standard InChI is InChI=1S/C33H37N3O6/c1-22(2)41-33(39)34-21-26-20-29(16-12-24(26)13-17-31(37)38)40-19-18-30-23(3)42-32(35-30)25-10-14-28(15-11-25)36(4)27-8-6-5-7-9-27/h5-12,14-16,20,22H,13,17-19,21H2,1-4H3,(H,34,39)(H,37,38). The third-order valence-corrected chi connectivity index (χ3v) is 6.70. The van der Waals surface area contributed by atoms with Crippen LogP contribution in [0.1, 0.15) is 42.8 Å². The molecule has 0 unspecified atom stereocenters. The highest BCUT2D eigenvalue weighted by atomic mass is 16.6. The Labute approximate surface area is 246 Å². The number of para-hydroxylation sites is 1. The number of nitrogens with one attached hydrogen (secondary N) is 1. The predicted molar refractivity (Wildman–Crippen MR) is 161 cm³/mol. The molecule has 0 atom stereocenters. The summed E-state index contributed by atoms with van der Waals surface area (Å²) in [5.41, 5.74) is 5.46. The first kappa shape index (κ1) is 30.2. The number of nitrogens with zero attached hydrogens (tertiary/aromatic N) is 2. The fourth-order valence-electron chi connectivity index (χ4n) is 4.44. The van der Waals surface area contributed by atoms with E-state index in [-0.39, 0.29) is 19.1 Å². The lowest BCUT2D eigenvalue weighted by Crippen LogP contribution is -2.26. The van der Waals surface area contributed by atoms with E-state index in [9.17, 15) is 9.59 Å². The van der Waals surface area contributed by atoms with Gasteiger partial charge in [-0.1, -0.05) is 24.3 Å². The summed E-state index contributed by atoms with van der Waals surface area (Å²) in [5, 5.41) is 11.8. The van der Waals surface area contributed by atoms with E-state index in [0.29, 0.717) is 31.1 Å².